The van der Waals surface area contributed by atoms with Gasteiger partial charge in [0.05, 0.1) is 16.8 Å². The van der Waals surface area contributed by atoms with Gasteiger partial charge in [0.15, 0.2) is 0 Å². The minimum Gasteiger partial charge on any atom is -0.399 e. The van der Waals surface area contributed by atoms with Crippen molar-refractivity contribution in [3.8, 4) is 0 Å². The Bertz CT molecular complexity index is 671. The topological polar surface area (TPSA) is 47.6 Å². The summed E-state index contributed by atoms with van der Waals surface area (Å²) in [4.78, 5) is 12.2. The highest BCUT2D eigenvalue weighted by atomic mass is 19.1. The smallest absolute Gasteiger partial charge is 0.399 e. The van der Waals surface area contributed by atoms with E-state index in [0.29, 0.717) is 0 Å². The molecule has 0 spiro atoms. The predicted molar refractivity (Wildman–Crippen MR) is 91.8 cm³/mol. The van der Waals surface area contributed by atoms with Gasteiger partial charge in [0, 0.05) is 11.5 Å². The number of nitrogens with one attached hydrogen (secondary N) is 1. The number of amides is 1. The molecule has 1 amide bonds. The SMILES string of the molecule is CC1(C)OB(c2cc(F)c(C(=O)NC3CCCC3)cc2F)OC1(C)C. The first-order valence-corrected chi connectivity index (χ1v) is 8.76. The van der Waals surface area contributed by atoms with E-state index < -0.39 is 35.9 Å². The zero-order valence-corrected chi connectivity index (χ0v) is 15.1. The summed E-state index contributed by atoms with van der Waals surface area (Å²) in [6.07, 6.45) is 3.84. The minimum absolute atomic E-state index is 0.0337. The number of benzene rings is 1. The molecule has 1 aromatic carbocycles. The van der Waals surface area contributed by atoms with Crippen LogP contribution in [-0.2, 0) is 9.31 Å². The fourth-order valence-corrected chi connectivity index (χ4v) is 3.22. The third-order valence-corrected chi connectivity index (χ3v) is 5.53. The normalized spacial score (nSPS) is 22.4. The lowest BCUT2D eigenvalue weighted by Gasteiger charge is -2.32. The molecule has 1 heterocycles. The van der Waals surface area contributed by atoms with Gasteiger partial charge in [0.25, 0.3) is 5.91 Å². The van der Waals surface area contributed by atoms with Crippen molar-refractivity contribution in [2.75, 3.05) is 0 Å². The van der Waals surface area contributed by atoms with Crippen LogP contribution < -0.4 is 10.8 Å². The fourth-order valence-electron chi connectivity index (χ4n) is 3.22. The first-order valence-electron chi connectivity index (χ1n) is 8.76. The number of rotatable bonds is 3. The van der Waals surface area contributed by atoms with Crippen LogP contribution >= 0.6 is 0 Å². The molecule has 0 unspecified atom stereocenters. The summed E-state index contributed by atoms with van der Waals surface area (Å²) in [5.41, 5.74) is -1.63. The number of halogens is 2. The van der Waals surface area contributed by atoms with Crippen LogP contribution in [-0.4, -0.2) is 30.3 Å². The summed E-state index contributed by atoms with van der Waals surface area (Å²) in [6.45, 7) is 7.35. The van der Waals surface area contributed by atoms with E-state index in [9.17, 15) is 13.6 Å². The molecule has 25 heavy (non-hydrogen) atoms. The van der Waals surface area contributed by atoms with E-state index in [4.69, 9.17) is 9.31 Å². The van der Waals surface area contributed by atoms with Crippen molar-refractivity contribution in [3.05, 3.63) is 29.3 Å². The minimum atomic E-state index is -1.01. The molecule has 7 heteroatoms. The highest BCUT2D eigenvalue weighted by Crippen LogP contribution is 2.36. The van der Waals surface area contributed by atoms with Crippen LogP contribution in [0.3, 0.4) is 0 Å². The van der Waals surface area contributed by atoms with E-state index in [1.165, 1.54) is 0 Å². The lowest BCUT2D eigenvalue weighted by atomic mass is 9.78. The molecule has 4 nitrogen and oxygen atoms in total. The van der Waals surface area contributed by atoms with Crippen molar-refractivity contribution in [1.82, 2.24) is 5.32 Å². The van der Waals surface area contributed by atoms with Gasteiger partial charge in [-0.1, -0.05) is 12.8 Å². The number of hydrogen-bond donors (Lipinski definition) is 1. The second kappa shape index (κ2) is 6.36. The second-order valence-corrected chi connectivity index (χ2v) is 7.90. The van der Waals surface area contributed by atoms with Crippen molar-refractivity contribution in [2.45, 2.75) is 70.6 Å². The zero-order valence-electron chi connectivity index (χ0n) is 15.1. The van der Waals surface area contributed by atoms with E-state index in [1.807, 2.05) is 27.7 Å². The molecule has 3 rings (SSSR count). The first kappa shape index (κ1) is 18.3. The lowest BCUT2D eigenvalue weighted by Crippen LogP contribution is -2.41. The molecule has 1 aliphatic heterocycles. The number of hydrogen-bond acceptors (Lipinski definition) is 3. The van der Waals surface area contributed by atoms with Crippen molar-refractivity contribution >= 4 is 18.5 Å². The molecular weight excluding hydrogens is 327 g/mol. The van der Waals surface area contributed by atoms with Gasteiger partial charge in [-0.15, -0.1) is 0 Å². The molecule has 2 fully saturated rings. The molecule has 2 aliphatic rings. The molecule has 1 N–H and O–H groups in total. The van der Waals surface area contributed by atoms with Crippen LogP contribution in [0.2, 0.25) is 0 Å². The number of carbonyl (C=O) groups is 1. The van der Waals surface area contributed by atoms with Crippen LogP contribution in [0.4, 0.5) is 8.78 Å². The number of carbonyl (C=O) groups excluding carboxylic acids is 1. The van der Waals surface area contributed by atoms with Gasteiger partial charge in [-0.25, -0.2) is 8.78 Å². The van der Waals surface area contributed by atoms with Crippen LogP contribution in [0, 0.1) is 11.6 Å². The summed E-state index contributed by atoms with van der Waals surface area (Å²) in [5.74, 6) is -2.07. The average Bonchev–Trinajstić information content (AvgIpc) is 3.07. The molecule has 0 bridgehead atoms. The van der Waals surface area contributed by atoms with Gasteiger partial charge in [-0.2, -0.15) is 0 Å². The van der Waals surface area contributed by atoms with Crippen molar-refractivity contribution in [2.24, 2.45) is 0 Å². The summed E-state index contributed by atoms with van der Waals surface area (Å²) < 4.78 is 40.5. The standard InChI is InChI=1S/C18H24BF2NO3/c1-17(2)18(3,4)25-19(24-17)13-10-14(20)12(9-15(13)21)16(23)22-11-7-5-6-8-11/h9-11H,5-8H2,1-4H3,(H,22,23). The van der Waals surface area contributed by atoms with Crippen molar-refractivity contribution in [3.63, 3.8) is 0 Å². The maximum atomic E-state index is 14.6. The summed E-state index contributed by atoms with van der Waals surface area (Å²) in [6, 6.07) is 1.97. The molecule has 1 aromatic rings. The summed E-state index contributed by atoms with van der Waals surface area (Å²) >= 11 is 0. The molecule has 1 saturated carbocycles. The van der Waals surface area contributed by atoms with Gasteiger partial charge < -0.3 is 14.6 Å². The largest absolute Gasteiger partial charge is 0.497 e. The third kappa shape index (κ3) is 3.44. The lowest BCUT2D eigenvalue weighted by molar-refractivity contribution is 0.00578. The van der Waals surface area contributed by atoms with E-state index in [0.717, 1.165) is 37.8 Å². The van der Waals surface area contributed by atoms with E-state index in [2.05, 4.69) is 5.32 Å². The van der Waals surface area contributed by atoms with E-state index >= 15 is 0 Å². The molecule has 0 atom stereocenters. The zero-order chi connectivity index (χ0) is 18.4. The molecule has 0 aromatic heterocycles. The average molecular weight is 351 g/mol. The van der Waals surface area contributed by atoms with Gasteiger partial charge >= 0.3 is 7.12 Å². The Morgan fingerprint density at radius 2 is 1.64 bits per heavy atom. The highest BCUT2D eigenvalue weighted by Gasteiger charge is 2.52. The van der Waals surface area contributed by atoms with Crippen molar-refractivity contribution < 1.29 is 22.9 Å². The molecule has 0 radical (unpaired) electrons. The summed E-state index contributed by atoms with van der Waals surface area (Å²) in [5, 5.41) is 2.77. The monoisotopic (exact) mass is 351 g/mol. The Hall–Kier alpha value is -1.47. The second-order valence-electron chi connectivity index (χ2n) is 7.90. The molecule has 1 saturated heterocycles. The summed E-state index contributed by atoms with van der Waals surface area (Å²) in [7, 11) is -1.01. The van der Waals surface area contributed by atoms with Crippen molar-refractivity contribution in [1.29, 1.82) is 0 Å². The Morgan fingerprint density at radius 1 is 1.08 bits per heavy atom. The Labute approximate surface area is 147 Å². The van der Waals surface area contributed by atoms with E-state index in [-0.39, 0.29) is 17.1 Å². The highest BCUT2D eigenvalue weighted by molar-refractivity contribution is 6.62. The predicted octanol–water partition coefficient (Wildman–Crippen LogP) is 2.94. The Balaban J connectivity index is 1.82. The van der Waals surface area contributed by atoms with Crippen LogP contribution in [0.25, 0.3) is 0 Å². The molecular formula is C18H24BF2NO3. The Morgan fingerprint density at radius 3 is 2.20 bits per heavy atom. The molecule has 136 valence electrons. The maximum Gasteiger partial charge on any atom is 0.497 e. The van der Waals surface area contributed by atoms with Gasteiger partial charge in [0.2, 0.25) is 0 Å². The first-order chi connectivity index (χ1) is 11.6. The maximum absolute atomic E-state index is 14.6. The van der Waals surface area contributed by atoms with Gasteiger partial charge in [-0.3, -0.25) is 4.79 Å². The third-order valence-electron chi connectivity index (χ3n) is 5.53. The van der Waals surface area contributed by atoms with Gasteiger partial charge in [-0.05, 0) is 52.7 Å². The Kier molecular flexibility index (Phi) is 4.66. The quantitative estimate of drug-likeness (QED) is 0.852. The molecule has 1 aliphatic carbocycles. The van der Waals surface area contributed by atoms with Crippen LogP contribution in [0.5, 0.6) is 0 Å². The van der Waals surface area contributed by atoms with E-state index in [1.54, 1.807) is 0 Å². The van der Waals surface area contributed by atoms with Crippen LogP contribution in [0.1, 0.15) is 63.7 Å². The van der Waals surface area contributed by atoms with Crippen LogP contribution in [0.15, 0.2) is 12.1 Å². The van der Waals surface area contributed by atoms with Gasteiger partial charge in [0.1, 0.15) is 11.6 Å². The fraction of sp³-hybridized carbons (Fsp3) is 0.611.